The van der Waals surface area contributed by atoms with Gasteiger partial charge in [0.2, 0.25) is 5.82 Å². The molecule has 0 N–H and O–H groups in total. The zero-order valence-corrected chi connectivity index (χ0v) is 17.0. The first kappa shape index (κ1) is 21.0. The van der Waals surface area contributed by atoms with Gasteiger partial charge in [-0.3, -0.25) is 19.5 Å². The summed E-state index contributed by atoms with van der Waals surface area (Å²) in [6.45, 7) is 2.03. The second-order valence-electron chi connectivity index (χ2n) is 7.07. The van der Waals surface area contributed by atoms with Crippen LogP contribution in [0.5, 0.6) is 0 Å². The molecule has 0 atom stereocenters. The average molecular weight is 438 g/mol. The molecule has 4 rings (SSSR count). The molecule has 2 aromatic carbocycles. The van der Waals surface area contributed by atoms with Gasteiger partial charge in [-0.15, -0.1) is 0 Å². The fourth-order valence-electron chi connectivity index (χ4n) is 3.11. The number of esters is 1. The summed E-state index contributed by atoms with van der Waals surface area (Å²) < 4.78 is 16.7. The molecule has 0 spiro atoms. The molecule has 0 amide bonds. The van der Waals surface area contributed by atoms with Crippen LogP contribution in [0.15, 0.2) is 56.2 Å². The first-order valence-corrected chi connectivity index (χ1v) is 9.74. The number of carbonyl (C=O) groups is 1. The van der Waals surface area contributed by atoms with Crippen molar-refractivity contribution < 1.29 is 23.4 Å². The van der Waals surface area contributed by atoms with Crippen LogP contribution in [0.3, 0.4) is 0 Å². The van der Waals surface area contributed by atoms with Crippen molar-refractivity contribution in [1.29, 1.82) is 0 Å². The number of carbonyl (C=O) groups excluding carboxylic acids is 1. The number of aromatic nitrogens is 3. The lowest BCUT2D eigenvalue weighted by Crippen LogP contribution is -2.15. The van der Waals surface area contributed by atoms with Crippen LogP contribution in [-0.2, 0) is 22.7 Å². The highest BCUT2D eigenvalue weighted by Gasteiger charge is 2.15. The van der Waals surface area contributed by atoms with E-state index in [1.807, 2.05) is 31.2 Å². The van der Waals surface area contributed by atoms with Crippen molar-refractivity contribution in [2.75, 3.05) is 0 Å². The van der Waals surface area contributed by atoms with Gasteiger partial charge in [0, 0.05) is 24.6 Å². The predicted molar refractivity (Wildman–Crippen MR) is 111 cm³/mol. The second-order valence-corrected chi connectivity index (χ2v) is 7.07. The van der Waals surface area contributed by atoms with E-state index in [1.54, 1.807) is 0 Å². The van der Waals surface area contributed by atoms with Gasteiger partial charge in [0.15, 0.2) is 12.2 Å². The van der Waals surface area contributed by atoms with Crippen LogP contribution in [0, 0.1) is 17.0 Å². The Balaban J connectivity index is 1.30. The maximum absolute atomic E-state index is 12.0. The van der Waals surface area contributed by atoms with Crippen molar-refractivity contribution in [3.8, 4) is 11.5 Å². The van der Waals surface area contributed by atoms with Crippen molar-refractivity contribution in [2.24, 2.45) is 0 Å². The summed E-state index contributed by atoms with van der Waals surface area (Å²) in [7, 11) is 0. The Morgan fingerprint density at radius 3 is 2.75 bits per heavy atom. The first-order chi connectivity index (χ1) is 15.4. The summed E-state index contributed by atoms with van der Waals surface area (Å²) >= 11 is 0. The van der Waals surface area contributed by atoms with E-state index in [-0.39, 0.29) is 36.7 Å². The van der Waals surface area contributed by atoms with Gasteiger partial charge in [-0.2, -0.15) is 4.98 Å². The molecule has 0 aliphatic carbocycles. The number of hydrogen-bond acceptors (Lipinski definition) is 9. The normalized spacial score (nSPS) is 11.0. The first-order valence-electron chi connectivity index (χ1n) is 9.74. The summed E-state index contributed by atoms with van der Waals surface area (Å²) in [5.74, 6) is -0.553. The molecule has 164 valence electrons. The van der Waals surface area contributed by atoms with Gasteiger partial charge in [0.05, 0.1) is 16.5 Å². The monoisotopic (exact) mass is 438 g/mol. The number of benzene rings is 2. The van der Waals surface area contributed by atoms with Crippen molar-refractivity contribution in [3.63, 3.8) is 0 Å². The Labute approximate surface area is 180 Å². The van der Waals surface area contributed by atoms with E-state index >= 15 is 0 Å². The van der Waals surface area contributed by atoms with Crippen molar-refractivity contribution >= 4 is 22.8 Å². The number of ether oxygens (including phenoxy) is 1. The van der Waals surface area contributed by atoms with Crippen LogP contribution < -0.4 is 5.76 Å². The third-order valence-electron chi connectivity index (χ3n) is 4.75. The molecule has 0 saturated heterocycles. The van der Waals surface area contributed by atoms with E-state index in [1.165, 1.54) is 22.8 Å². The van der Waals surface area contributed by atoms with Gasteiger partial charge in [-0.05, 0) is 31.5 Å². The van der Waals surface area contributed by atoms with Crippen LogP contribution in [-0.4, -0.2) is 25.6 Å². The molecular weight excluding hydrogens is 420 g/mol. The summed E-state index contributed by atoms with van der Waals surface area (Å²) in [6, 6.07) is 11.5. The molecule has 0 fully saturated rings. The molecule has 2 heterocycles. The summed E-state index contributed by atoms with van der Waals surface area (Å²) in [5, 5.41) is 14.6. The number of nitro groups is 1. The third kappa shape index (κ3) is 4.56. The van der Waals surface area contributed by atoms with E-state index in [0.29, 0.717) is 17.8 Å². The topological polar surface area (TPSA) is 144 Å². The number of hydrogen-bond donors (Lipinski definition) is 0. The number of oxazole rings is 1. The van der Waals surface area contributed by atoms with Crippen LogP contribution in [0.2, 0.25) is 0 Å². The Morgan fingerprint density at radius 1 is 1.22 bits per heavy atom. The predicted octanol–water partition coefficient (Wildman–Crippen LogP) is 3.38. The van der Waals surface area contributed by atoms with Crippen LogP contribution in [0.4, 0.5) is 5.69 Å². The molecule has 0 radical (unpaired) electrons. The number of rotatable bonds is 8. The molecule has 0 aliphatic heterocycles. The second kappa shape index (κ2) is 8.84. The van der Waals surface area contributed by atoms with E-state index in [2.05, 4.69) is 10.1 Å². The van der Waals surface area contributed by atoms with Crippen LogP contribution in [0.25, 0.3) is 22.6 Å². The molecule has 0 aliphatic rings. The third-order valence-corrected chi connectivity index (χ3v) is 4.75. The Kier molecular flexibility index (Phi) is 5.79. The van der Waals surface area contributed by atoms with Gasteiger partial charge >= 0.3 is 11.7 Å². The highest BCUT2D eigenvalue weighted by atomic mass is 16.6. The number of nitro benzene ring substituents is 1. The minimum atomic E-state index is -0.649. The fourth-order valence-corrected chi connectivity index (χ4v) is 3.11. The Hall–Kier alpha value is -4.28. The minimum absolute atomic E-state index is 0.0504. The van der Waals surface area contributed by atoms with E-state index < -0.39 is 16.6 Å². The average Bonchev–Trinajstić information content (AvgIpc) is 3.36. The molecule has 11 nitrogen and oxygen atoms in total. The lowest BCUT2D eigenvalue weighted by Gasteiger charge is -2.03. The minimum Gasteiger partial charge on any atom is -0.457 e. The summed E-state index contributed by atoms with van der Waals surface area (Å²) in [6.07, 6.45) is 0.361. The van der Waals surface area contributed by atoms with Gasteiger partial charge in [0.25, 0.3) is 11.6 Å². The summed E-state index contributed by atoms with van der Waals surface area (Å²) in [4.78, 5) is 38.5. The zero-order chi connectivity index (χ0) is 22.7. The number of fused-ring (bicyclic) bond motifs is 1. The SMILES string of the molecule is Cc1ccc(-c2nc(COC(=O)CCCn3c(=O)oc4cc([N+](=O)[O-])ccc43)no2)cc1. The molecule has 0 unspecified atom stereocenters. The van der Waals surface area contributed by atoms with Gasteiger partial charge in [0.1, 0.15) is 0 Å². The number of non-ortho nitro benzene ring substituents is 1. The van der Waals surface area contributed by atoms with Crippen molar-refractivity contribution in [1.82, 2.24) is 14.7 Å². The zero-order valence-electron chi connectivity index (χ0n) is 17.0. The number of aryl methyl sites for hydroxylation is 2. The van der Waals surface area contributed by atoms with Crippen molar-refractivity contribution in [2.45, 2.75) is 32.9 Å². The van der Waals surface area contributed by atoms with E-state index in [4.69, 9.17) is 13.7 Å². The van der Waals surface area contributed by atoms with Crippen molar-refractivity contribution in [3.05, 3.63) is 74.5 Å². The highest BCUT2D eigenvalue weighted by molar-refractivity contribution is 5.75. The largest absolute Gasteiger partial charge is 0.457 e. The summed E-state index contributed by atoms with van der Waals surface area (Å²) in [5.41, 5.74) is 2.24. The lowest BCUT2D eigenvalue weighted by molar-refractivity contribution is -0.384. The quantitative estimate of drug-likeness (QED) is 0.230. The van der Waals surface area contributed by atoms with E-state index in [0.717, 1.165) is 11.1 Å². The standard InChI is InChI=1S/C21H18N4O7/c1-13-4-6-14(7-5-13)20-22-18(23-32-20)12-30-19(26)3-2-10-24-16-9-8-15(25(28)29)11-17(16)31-21(24)27/h4-9,11H,2-3,10,12H2,1H3. The molecular formula is C21H18N4O7. The molecule has 11 heteroatoms. The smallest absolute Gasteiger partial charge is 0.419 e. The molecule has 0 saturated carbocycles. The Morgan fingerprint density at radius 2 is 2.00 bits per heavy atom. The number of nitrogens with zero attached hydrogens (tertiary/aromatic N) is 4. The maximum Gasteiger partial charge on any atom is 0.419 e. The molecule has 4 aromatic rings. The van der Waals surface area contributed by atoms with Crippen LogP contribution in [0.1, 0.15) is 24.2 Å². The molecule has 2 aromatic heterocycles. The van der Waals surface area contributed by atoms with Gasteiger partial charge < -0.3 is 13.7 Å². The highest BCUT2D eigenvalue weighted by Crippen LogP contribution is 2.21. The van der Waals surface area contributed by atoms with Gasteiger partial charge in [-0.25, -0.2) is 4.79 Å². The molecule has 32 heavy (non-hydrogen) atoms. The maximum atomic E-state index is 12.0. The fraction of sp³-hybridized carbons (Fsp3) is 0.238. The van der Waals surface area contributed by atoms with E-state index in [9.17, 15) is 19.7 Å². The molecule has 0 bridgehead atoms. The lowest BCUT2D eigenvalue weighted by atomic mass is 10.1. The van der Waals surface area contributed by atoms with Crippen LogP contribution >= 0.6 is 0 Å². The van der Waals surface area contributed by atoms with Gasteiger partial charge in [-0.1, -0.05) is 22.9 Å². The Bertz CT molecular complexity index is 1330.